The van der Waals surface area contributed by atoms with Crippen molar-refractivity contribution in [2.24, 2.45) is 0 Å². The van der Waals surface area contributed by atoms with Crippen LogP contribution in [0.5, 0.6) is 5.75 Å². The Labute approximate surface area is 70.6 Å². The van der Waals surface area contributed by atoms with Crippen LogP contribution in [0.2, 0.25) is 0 Å². The van der Waals surface area contributed by atoms with E-state index >= 15 is 0 Å². The Morgan fingerprint density at radius 1 is 1.58 bits per heavy atom. The van der Waals surface area contributed by atoms with E-state index in [1.54, 1.807) is 24.3 Å². The summed E-state index contributed by atoms with van der Waals surface area (Å²) in [6, 6.07) is 6.61. The summed E-state index contributed by atoms with van der Waals surface area (Å²) >= 11 is 0. The van der Waals surface area contributed by atoms with Gasteiger partial charge in [-0.3, -0.25) is 0 Å². The van der Waals surface area contributed by atoms with Crippen molar-refractivity contribution in [3.05, 3.63) is 29.8 Å². The van der Waals surface area contributed by atoms with Crippen molar-refractivity contribution in [1.29, 1.82) is 0 Å². The predicted octanol–water partition coefficient (Wildman–Crippen LogP) is 1.70. The second-order valence-corrected chi connectivity index (χ2v) is 2.43. The third-order valence-corrected chi connectivity index (χ3v) is 1.62. The van der Waals surface area contributed by atoms with Gasteiger partial charge in [0.15, 0.2) is 0 Å². The molecule has 0 bridgehead atoms. The largest absolute Gasteiger partial charge is 0.497 e. The van der Waals surface area contributed by atoms with Gasteiger partial charge in [0.2, 0.25) is 0 Å². The van der Waals surface area contributed by atoms with Crippen molar-refractivity contribution in [1.82, 2.24) is 0 Å². The van der Waals surface area contributed by atoms with Gasteiger partial charge in [0, 0.05) is 0 Å². The number of hydrogen-bond donors (Lipinski definition) is 1. The molecule has 0 aliphatic heterocycles. The van der Waals surface area contributed by atoms with Gasteiger partial charge in [-0.05, 0) is 17.7 Å². The number of aliphatic hydroxyl groups is 1. The Bertz CT molecular complexity index is 250. The summed E-state index contributed by atoms with van der Waals surface area (Å²) in [5.74, 6) is 0.601. The average Bonchev–Trinajstić information content (AvgIpc) is 2.17. The molecule has 66 valence electrons. The second-order valence-electron chi connectivity index (χ2n) is 2.43. The zero-order chi connectivity index (χ0) is 8.97. The van der Waals surface area contributed by atoms with E-state index in [1.807, 2.05) is 0 Å². The molecule has 0 saturated heterocycles. The highest BCUT2D eigenvalue weighted by molar-refractivity contribution is 5.29. The first-order valence-electron chi connectivity index (χ1n) is 3.67. The van der Waals surface area contributed by atoms with E-state index < -0.39 is 12.8 Å². The molecule has 1 N–H and O–H groups in total. The topological polar surface area (TPSA) is 29.5 Å². The smallest absolute Gasteiger partial charge is 0.148 e. The number of benzene rings is 1. The zero-order valence-corrected chi connectivity index (χ0v) is 6.83. The molecule has 1 aromatic rings. The van der Waals surface area contributed by atoms with Gasteiger partial charge in [-0.15, -0.1) is 0 Å². The van der Waals surface area contributed by atoms with Gasteiger partial charge in [-0.1, -0.05) is 12.1 Å². The first-order chi connectivity index (χ1) is 5.77. The Morgan fingerprint density at radius 2 is 2.33 bits per heavy atom. The third kappa shape index (κ3) is 1.95. The number of rotatable bonds is 3. The fourth-order valence-corrected chi connectivity index (χ4v) is 0.942. The van der Waals surface area contributed by atoms with Crippen molar-refractivity contribution in [2.75, 3.05) is 13.7 Å². The van der Waals surface area contributed by atoms with Crippen LogP contribution in [-0.2, 0) is 0 Å². The lowest BCUT2D eigenvalue weighted by Crippen LogP contribution is -1.97. The Balaban J connectivity index is 2.86. The highest BCUT2D eigenvalue weighted by Crippen LogP contribution is 2.20. The summed E-state index contributed by atoms with van der Waals surface area (Å²) in [5.41, 5.74) is 0.442. The SMILES string of the molecule is COc1cccc(C(F)CO)c1. The van der Waals surface area contributed by atoms with E-state index in [0.717, 1.165) is 0 Å². The van der Waals surface area contributed by atoms with E-state index in [4.69, 9.17) is 9.84 Å². The minimum absolute atomic E-state index is 0.442. The first kappa shape index (κ1) is 9.00. The summed E-state index contributed by atoms with van der Waals surface area (Å²) in [4.78, 5) is 0. The first-order valence-corrected chi connectivity index (χ1v) is 3.67. The molecule has 1 aromatic carbocycles. The number of hydrogen-bond acceptors (Lipinski definition) is 2. The van der Waals surface area contributed by atoms with Crippen LogP contribution in [0, 0.1) is 0 Å². The minimum atomic E-state index is -1.32. The number of methoxy groups -OCH3 is 1. The van der Waals surface area contributed by atoms with Crippen LogP contribution in [0.3, 0.4) is 0 Å². The number of ether oxygens (including phenoxy) is 1. The molecule has 0 aliphatic carbocycles. The molecular weight excluding hydrogens is 159 g/mol. The Hall–Kier alpha value is -1.09. The molecule has 12 heavy (non-hydrogen) atoms. The third-order valence-electron chi connectivity index (χ3n) is 1.62. The van der Waals surface area contributed by atoms with Gasteiger partial charge in [-0.2, -0.15) is 0 Å². The van der Waals surface area contributed by atoms with E-state index in [9.17, 15) is 4.39 Å². The minimum Gasteiger partial charge on any atom is -0.497 e. The number of aliphatic hydroxyl groups excluding tert-OH is 1. The van der Waals surface area contributed by atoms with Gasteiger partial charge < -0.3 is 9.84 Å². The van der Waals surface area contributed by atoms with Crippen LogP contribution in [0.4, 0.5) is 4.39 Å². The Morgan fingerprint density at radius 3 is 2.92 bits per heavy atom. The van der Waals surface area contributed by atoms with Gasteiger partial charge in [0.05, 0.1) is 13.7 Å². The van der Waals surface area contributed by atoms with E-state index in [0.29, 0.717) is 11.3 Å². The lowest BCUT2D eigenvalue weighted by atomic mass is 10.1. The molecule has 0 amide bonds. The fraction of sp³-hybridized carbons (Fsp3) is 0.333. The van der Waals surface area contributed by atoms with Gasteiger partial charge in [0.25, 0.3) is 0 Å². The lowest BCUT2D eigenvalue weighted by Gasteiger charge is -2.06. The van der Waals surface area contributed by atoms with Gasteiger partial charge in [-0.25, -0.2) is 4.39 Å². The van der Waals surface area contributed by atoms with Gasteiger partial charge >= 0.3 is 0 Å². The summed E-state index contributed by atoms with van der Waals surface area (Å²) in [5, 5.41) is 8.54. The second kappa shape index (κ2) is 4.07. The standard InChI is InChI=1S/C9H11FO2/c1-12-8-4-2-3-7(5-8)9(10)6-11/h2-5,9,11H,6H2,1H3. The Kier molecular flexibility index (Phi) is 3.05. The predicted molar refractivity (Wildman–Crippen MR) is 43.9 cm³/mol. The zero-order valence-electron chi connectivity index (χ0n) is 6.83. The quantitative estimate of drug-likeness (QED) is 0.748. The summed E-state index contributed by atoms with van der Waals surface area (Å²) in [6.45, 7) is -0.493. The molecule has 0 radical (unpaired) electrons. The fourth-order valence-electron chi connectivity index (χ4n) is 0.942. The van der Waals surface area contributed by atoms with Crippen molar-refractivity contribution in [2.45, 2.75) is 6.17 Å². The van der Waals surface area contributed by atoms with Crippen LogP contribution in [-0.4, -0.2) is 18.8 Å². The van der Waals surface area contributed by atoms with E-state index in [-0.39, 0.29) is 0 Å². The van der Waals surface area contributed by atoms with Crippen LogP contribution in [0.25, 0.3) is 0 Å². The molecule has 0 saturated carbocycles. The molecule has 0 heterocycles. The molecule has 0 spiro atoms. The maximum absolute atomic E-state index is 12.9. The van der Waals surface area contributed by atoms with Crippen molar-refractivity contribution >= 4 is 0 Å². The summed E-state index contributed by atoms with van der Waals surface area (Å²) in [7, 11) is 1.52. The van der Waals surface area contributed by atoms with Crippen LogP contribution in [0.15, 0.2) is 24.3 Å². The maximum Gasteiger partial charge on any atom is 0.148 e. The number of alkyl halides is 1. The average molecular weight is 170 g/mol. The van der Waals surface area contributed by atoms with Crippen molar-refractivity contribution in [3.8, 4) is 5.75 Å². The molecule has 3 heteroatoms. The highest BCUT2D eigenvalue weighted by Gasteiger charge is 2.07. The van der Waals surface area contributed by atoms with Crippen molar-refractivity contribution in [3.63, 3.8) is 0 Å². The highest BCUT2D eigenvalue weighted by atomic mass is 19.1. The van der Waals surface area contributed by atoms with Crippen LogP contribution < -0.4 is 4.74 Å². The van der Waals surface area contributed by atoms with Gasteiger partial charge in [0.1, 0.15) is 11.9 Å². The van der Waals surface area contributed by atoms with Crippen molar-refractivity contribution < 1.29 is 14.2 Å². The van der Waals surface area contributed by atoms with Crippen LogP contribution >= 0.6 is 0 Å². The lowest BCUT2D eigenvalue weighted by molar-refractivity contribution is 0.179. The molecule has 1 rings (SSSR count). The molecule has 0 aromatic heterocycles. The summed E-state index contributed by atoms with van der Waals surface area (Å²) in [6.07, 6.45) is -1.32. The molecule has 1 unspecified atom stereocenters. The van der Waals surface area contributed by atoms with E-state index in [2.05, 4.69) is 0 Å². The molecule has 0 aliphatic rings. The monoisotopic (exact) mass is 170 g/mol. The van der Waals surface area contributed by atoms with Crippen LogP contribution in [0.1, 0.15) is 11.7 Å². The molecule has 0 fully saturated rings. The van der Waals surface area contributed by atoms with E-state index in [1.165, 1.54) is 7.11 Å². The molecule has 2 nitrogen and oxygen atoms in total. The maximum atomic E-state index is 12.9. The molecular formula is C9H11FO2. The number of halogens is 1. The molecule has 1 atom stereocenters. The summed E-state index contributed by atoms with van der Waals surface area (Å²) < 4.78 is 17.8. The normalized spacial score (nSPS) is 12.6.